The van der Waals surface area contributed by atoms with Crippen LogP contribution in [0.25, 0.3) is 0 Å². The molecule has 0 saturated carbocycles. The molecule has 110 valence electrons. The van der Waals surface area contributed by atoms with Crippen LogP contribution in [-0.4, -0.2) is 25.3 Å². The molecule has 0 spiro atoms. The zero-order valence-corrected chi connectivity index (χ0v) is 13.3. The van der Waals surface area contributed by atoms with Crippen molar-refractivity contribution in [2.75, 3.05) is 13.2 Å². The SMILES string of the molecule is CCCCCCC(C)OCC(NCC)C(C)CC. The molecule has 1 N–H and O–H groups in total. The Bertz CT molecular complexity index is 172. The minimum absolute atomic E-state index is 0.409. The number of likely N-dealkylation sites (N-methyl/N-ethyl adjacent to an activating group) is 1. The Labute approximate surface area is 115 Å². The van der Waals surface area contributed by atoms with E-state index in [1.165, 1.54) is 38.5 Å². The third kappa shape index (κ3) is 8.93. The minimum atomic E-state index is 0.409. The second-order valence-corrected chi connectivity index (χ2v) is 5.54. The number of ether oxygens (including phenoxy) is 1. The summed E-state index contributed by atoms with van der Waals surface area (Å²) in [6, 6.07) is 0.512. The van der Waals surface area contributed by atoms with Gasteiger partial charge in [0.1, 0.15) is 0 Å². The van der Waals surface area contributed by atoms with Crippen LogP contribution >= 0.6 is 0 Å². The first-order chi connectivity index (χ1) is 8.65. The Morgan fingerprint density at radius 3 is 2.28 bits per heavy atom. The van der Waals surface area contributed by atoms with E-state index < -0.39 is 0 Å². The van der Waals surface area contributed by atoms with E-state index in [1.54, 1.807) is 0 Å². The topological polar surface area (TPSA) is 21.3 Å². The van der Waals surface area contributed by atoms with Crippen LogP contribution in [0.3, 0.4) is 0 Å². The highest BCUT2D eigenvalue weighted by Gasteiger charge is 2.15. The highest BCUT2D eigenvalue weighted by molar-refractivity contribution is 4.72. The van der Waals surface area contributed by atoms with Crippen LogP contribution in [0.1, 0.15) is 73.1 Å². The summed E-state index contributed by atoms with van der Waals surface area (Å²) in [5.41, 5.74) is 0. The molecule has 0 aromatic carbocycles. The molecule has 0 aliphatic carbocycles. The molecule has 0 aromatic rings. The normalized spacial score (nSPS) is 16.5. The summed E-state index contributed by atoms with van der Waals surface area (Å²) in [4.78, 5) is 0. The smallest absolute Gasteiger partial charge is 0.0625 e. The molecule has 2 nitrogen and oxygen atoms in total. The second kappa shape index (κ2) is 12.0. The van der Waals surface area contributed by atoms with Crippen molar-refractivity contribution in [3.8, 4) is 0 Å². The number of unbranched alkanes of at least 4 members (excludes halogenated alkanes) is 3. The van der Waals surface area contributed by atoms with Crippen molar-refractivity contribution in [3.05, 3.63) is 0 Å². The predicted molar refractivity (Wildman–Crippen MR) is 81.1 cm³/mol. The van der Waals surface area contributed by atoms with Crippen LogP contribution in [0.2, 0.25) is 0 Å². The fourth-order valence-electron chi connectivity index (χ4n) is 2.18. The molecule has 0 radical (unpaired) electrons. The van der Waals surface area contributed by atoms with Gasteiger partial charge >= 0.3 is 0 Å². The lowest BCUT2D eigenvalue weighted by molar-refractivity contribution is 0.0333. The highest BCUT2D eigenvalue weighted by Crippen LogP contribution is 2.12. The molecule has 0 bridgehead atoms. The Kier molecular flexibility index (Phi) is 11.9. The maximum Gasteiger partial charge on any atom is 0.0625 e. The molecule has 18 heavy (non-hydrogen) atoms. The van der Waals surface area contributed by atoms with E-state index >= 15 is 0 Å². The Morgan fingerprint density at radius 2 is 1.72 bits per heavy atom. The van der Waals surface area contributed by atoms with Gasteiger partial charge in [-0.05, 0) is 25.8 Å². The minimum Gasteiger partial charge on any atom is -0.377 e. The zero-order valence-electron chi connectivity index (χ0n) is 13.3. The molecule has 3 atom stereocenters. The quantitative estimate of drug-likeness (QED) is 0.524. The average Bonchev–Trinajstić information content (AvgIpc) is 2.38. The van der Waals surface area contributed by atoms with Crippen molar-refractivity contribution in [2.45, 2.75) is 85.3 Å². The van der Waals surface area contributed by atoms with E-state index in [9.17, 15) is 0 Å². The van der Waals surface area contributed by atoms with Gasteiger partial charge in [0, 0.05) is 6.04 Å². The van der Waals surface area contributed by atoms with Crippen LogP contribution in [0.4, 0.5) is 0 Å². The lowest BCUT2D eigenvalue weighted by Crippen LogP contribution is -2.39. The Balaban J connectivity index is 3.74. The van der Waals surface area contributed by atoms with Crippen molar-refractivity contribution < 1.29 is 4.74 Å². The fourth-order valence-corrected chi connectivity index (χ4v) is 2.18. The van der Waals surface area contributed by atoms with Crippen molar-refractivity contribution >= 4 is 0 Å². The number of hydrogen-bond donors (Lipinski definition) is 1. The first kappa shape index (κ1) is 17.9. The van der Waals surface area contributed by atoms with E-state index in [-0.39, 0.29) is 0 Å². The highest BCUT2D eigenvalue weighted by atomic mass is 16.5. The molecular formula is C16H35NO. The van der Waals surface area contributed by atoms with E-state index in [2.05, 4.69) is 39.9 Å². The standard InChI is InChI=1S/C16H35NO/c1-6-9-10-11-12-15(5)18-13-16(17-8-3)14(4)7-2/h14-17H,6-13H2,1-5H3. The predicted octanol–water partition coefficient (Wildman–Crippen LogP) is 4.39. The monoisotopic (exact) mass is 257 g/mol. The van der Waals surface area contributed by atoms with E-state index in [0.717, 1.165) is 13.2 Å². The first-order valence-corrected chi connectivity index (χ1v) is 8.00. The molecule has 0 heterocycles. The molecule has 0 rings (SSSR count). The summed E-state index contributed by atoms with van der Waals surface area (Å²) in [6.45, 7) is 13.1. The van der Waals surface area contributed by atoms with Gasteiger partial charge in [-0.25, -0.2) is 0 Å². The van der Waals surface area contributed by atoms with Crippen LogP contribution in [-0.2, 0) is 4.74 Å². The average molecular weight is 257 g/mol. The van der Waals surface area contributed by atoms with Gasteiger partial charge in [-0.15, -0.1) is 0 Å². The fraction of sp³-hybridized carbons (Fsp3) is 1.00. The van der Waals surface area contributed by atoms with Gasteiger partial charge in [0.2, 0.25) is 0 Å². The Morgan fingerprint density at radius 1 is 1.00 bits per heavy atom. The van der Waals surface area contributed by atoms with Crippen molar-refractivity contribution in [1.82, 2.24) is 5.32 Å². The van der Waals surface area contributed by atoms with Crippen LogP contribution in [0, 0.1) is 5.92 Å². The van der Waals surface area contributed by atoms with Gasteiger partial charge in [-0.1, -0.05) is 59.8 Å². The molecule has 0 aliphatic rings. The molecule has 0 saturated heterocycles. The second-order valence-electron chi connectivity index (χ2n) is 5.54. The van der Waals surface area contributed by atoms with Gasteiger partial charge in [-0.3, -0.25) is 0 Å². The van der Waals surface area contributed by atoms with Crippen LogP contribution in [0.15, 0.2) is 0 Å². The summed E-state index contributed by atoms with van der Waals surface area (Å²) in [5, 5.41) is 3.54. The summed E-state index contributed by atoms with van der Waals surface area (Å²) in [5.74, 6) is 0.692. The van der Waals surface area contributed by atoms with E-state index in [0.29, 0.717) is 18.1 Å². The molecule has 0 amide bonds. The maximum absolute atomic E-state index is 6.00. The van der Waals surface area contributed by atoms with Crippen molar-refractivity contribution in [3.63, 3.8) is 0 Å². The summed E-state index contributed by atoms with van der Waals surface area (Å²) >= 11 is 0. The van der Waals surface area contributed by atoms with Crippen molar-refractivity contribution in [1.29, 1.82) is 0 Å². The van der Waals surface area contributed by atoms with Crippen LogP contribution < -0.4 is 5.32 Å². The number of nitrogens with one attached hydrogen (secondary N) is 1. The largest absolute Gasteiger partial charge is 0.377 e. The Hall–Kier alpha value is -0.0800. The molecule has 2 heteroatoms. The van der Waals surface area contributed by atoms with Gasteiger partial charge in [0.25, 0.3) is 0 Å². The number of hydrogen-bond acceptors (Lipinski definition) is 2. The molecular weight excluding hydrogens is 222 g/mol. The maximum atomic E-state index is 6.00. The molecule has 0 fully saturated rings. The summed E-state index contributed by atoms with van der Waals surface area (Å²) in [7, 11) is 0. The molecule has 3 unspecified atom stereocenters. The van der Waals surface area contributed by atoms with Crippen LogP contribution in [0.5, 0.6) is 0 Å². The lowest BCUT2D eigenvalue weighted by Gasteiger charge is -2.25. The third-order valence-corrected chi connectivity index (χ3v) is 3.82. The zero-order chi connectivity index (χ0) is 13.8. The molecule has 0 aliphatic heterocycles. The van der Waals surface area contributed by atoms with Gasteiger partial charge in [-0.2, -0.15) is 0 Å². The molecule has 0 aromatic heterocycles. The van der Waals surface area contributed by atoms with Gasteiger partial charge in [0.05, 0.1) is 12.7 Å². The number of rotatable bonds is 12. The lowest BCUT2D eigenvalue weighted by atomic mass is 10.00. The summed E-state index contributed by atoms with van der Waals surface area (Å²) < 4.78 is 6.00. The van der Waals surface area contributed by atoms with Crippen molar-refractivity contribution in [2.24, 2.45) is 5.92 Å². The third-order valence-electron chi connectivity index (χ3n) is 3.82. The van der Waals surface area contributed by atoms with E-state index in [4.69, 9.17) is 4.74 Å². The van der Waals surface area contributed by atoms with E-state index in [1.807, 2.05) is 0 Å². The van der Waals surface area contributed by atoms with Gasteiger partial charge in [0.15, 0.2) is 0 Å². The first-order valence-electron chi connectivity index (χ1n) is 8.00. The summed E-state index contributed by atoms with van der Waals surface area (Å²) in [6.07, 6.45) is 8.17. The van der Waals surface area contributed by atoms with Gasteiger partial charge < -0.3 is 10.1 Å².